The maximum atomic E-state index is 5.83. The number of halogens is 1. The Morgan fingerprint density at radius 3 is 2.31 bits per heavy atom. The van der Waals surface area contributed by atoms with Crippen LogP contribution in [-0.4, -0.2) is 22.3 Å². The molecule has 1 aromatic rings. The van der Waals surface area contributed by atoms with Crippen molar-refractivity contribution in [2.45, 2.75) is 19.6 Å². The predicted octanol–water partition coefficient (Wildman–Crippen LogP) is 4.20. The van der Waals surface area contributed by atoms with Gasteiger partial charge < -0.3 is 4.90 Å². The van der Waals surface area contributed by atoms with Gasteiger partial charge in [0.15, 0.2) is 0 Å². The summed E-state index contributed by atoms with van der Waals surface area (Å²) in [6.45, 7) is 6.20. The molecule has 0 saturated heterocycles. The van der Waals surface area contributed by atoms with Crippen LogP contribution in [-0.2, 0) is 5.75 Å². The standard InChI is InChI=1S/C12H16ClNS2/c1-3-14(4-2)12(15)16-9-10-5-7-11(13)8-6-10/h5-8H,3-4,9H2,1-2H3. The number of thioether (sulfide) groups is 1. The molecule has 0 bridgehead atoms. The lowest BCUT2D eigenvalue weighted by Gasteiger charge is -2.20. The lowest BCUT2D eigenvalue weighted by atomic mass is 10.2. The van der Waals surface area contributed by atoms with Crippen molar-refractivity contribution in [2.75, 3.05) is 13.1 Å². The van der Waals surface area contributed by atoms with Gasteiger partial charge in [0.25, 0.3) is 0 Å². The van der Waals surface area contributed by atoms with Crippen LogP contribution in [0.15, 0.2) is 24.3 Å². The summed E-state index contributed by atoms with van der Waals surface area (Å²) in [6.07, 6.45) is 0. The summed E-state index contributed by atoms with van der Waals surface area (Å²) < 4.78 is 0.972. The Morgan fingerprint density at radius 1 is 1.25 bits per heavy atom. The van der Waals surface area contributed by atoms with Gasteiger partial charge in [-0.1, -0.05) is 47.7 Å². The Hall–Kier alpha value is -0.250. The fraction of sp³-hybridized carbons (Fsp3) is 0.417. The van der Waals surface area contributed by atoms with Crippen LogP contribution < -0.4 is 0 Å². The van der Waals surface area contributed by atoms with E-state index in [2.05, 4.69) is 18.7 Å². The van der Waals surface area contributed by atoms with E-state index in [1.807, 2.05) is 24.3 Å². The molecule has 0 amide bonds. The normalized spacial score (nSPS) is 10.2. The van der Waals surface area contributed by atoms with E-state index >= 15 is 0 Å². The van der Waals surface area contributed by atoms with Crippen molar-refractivity contribution >= 4 is 39.9 Å². The van der Waals surface area contributed by atoms with Crippen LogP contribution >= 0.6 is 35.6 Å². The molecule has 16 heavy (non-hydrogen) atoms. The number of hydrogen-bond donors (Lipinski definition) is 0. The Kier molecular flexibility index (Phi) is 6.17. The molecular formula is C12H16ClNS2. The van der Waals surface area contributed by atoms with Crippen molar-refractivity contribution in [3.8, 4) is 0 Å². The van der Waals surface area contributed by atoms with Crippen LogP contribution in [0.2, 0.25) is 5.02 Å². The number of nitrogens with zero attached hydrogens (tertiary/aromatic N) is 1. The topological polar surface area (TPSA) is 3.24 Å². The van der Waals surface area contributed by atoms with Gasteiger partial charge in [-0.15, -0.1) is 0 Å². The zero-order valence-electron chi connectivity index (χ0n) is 9.57. The molecule has 0 unspecified atom stereocenters. The first-order chi connectivity index (χ1) is 7.67. The van der Waals surface area contributed by atoms with Gasteiger partial charge in [0, 0.05) is 23.9 Å². The van der Waals surface area contributed by atoms with E-state index in [0.717, 1.165) is 28.2 Å². The molecule has 4 heteroatoms. The van der Waals surface area contributed by atoms with Gasteiger partial charge in [0.2, 0.25) is 0 Å². The Labute approximate surface area is 112 Å². The van der Waals surface area contributed by atoms with Crippen LogP contribution in [0.3, 0.4) is 0 Å². The summed E-state index contributed by atoms with van der Waals surface area (Å²) in [5.74, 6) is 0.909. The minimum atomic E-state index is 0.778. The molecule has 0 fully saturated rings. The molecule has 0 atom stereocenters. The Bertz CT molecular complexity index is 333. The van der Waals surface area contributed by atoms with Crippen LogP contribution in [0.4, 0.5) is 0 Å². The van der Waals surface area contributed by atoms with Crippen LogP contribution in [0.25, 0.3) is 0 Å². The van der Waals surface area contributed by atoms with Crippen molar-refractivity contribution in [3.05, 3.63) is 34.9 Å². The van der Waals surface area contributed by atoms with Gasteiger partial charge in [0.1, 0.15) is 4.32 Å². The van der Waals surface area contributed by atoms with Gasteiger partial charge in [-0.05, 0) is 31.5 Å². The van der Waals surface area contributed by atoms with E-state index in [9.17, 15) is 0 Å². The van der Waals surface area contributed by atoms with E-state index in [0.29, 0.717) is 0 Å². The summed E-state index contributed by atoms with van der Waals surface area (Å²) >= 11 is 12.9. The van der Waals surface area contributed by atoms with E-state index in [-0.39, 0.29) is 0 Å². The zero-order valence-corrected chi connectivity index (χ0v) is 12.0. The minimum Gasteiger partial charge on any atom is -0.358 e. The summed E-state index contributed by atoms with van der Waals surface area (Å²) in [5, 5.41) is 0.778. The van der Waals surface area contributed by atoms with E-state index in [4.69, 9.17) is 23.8 Å². The van der Waals surface area contributed by atoms with Crippen molar-refractivity contribution in [1.82, 2.24) is 4.90 Å². The highest BCUT2D eigenvalue weighted by molar-refractivity contribution is 8.22. The molecule has 0 aliphatic rings. The SMILES string of the molecule is CCN(CC)C(=S)SCc1ccc(Cl)cc1. The lowest BCUT2D eigenvalue weighted by molar-refractivity contribution is 0.482. The number of thiocarbonyl (C=S) groups is 1. The fourth-order valence-corrected chi connectivity index (χ4v) is 2.78. The number of hydrogen-bond acceptors (Lipinski definition) is 2. The number of rotatable bonds is 4. The maximum absolute atomic E-state index is 5.83. The van der Waals surface area contributed by atoms with Gasteiger partial charge in [0.05, 0.1) is 0 Å². The molecule has 1 aromatic carbocycles. The molecular weight excluding hydrogens is 258 g/mol. The highest BCUT2D eigenvalue weighted by Crippen LogP contribution is 2.18. The molecule has 0 radical (unpaired) electrons. The highest BCUT2D eigenvalue weighted by Gasteiger charge is 2.05. The van der Waals surface area contributed by atoms with Crippen molar-refractivity contribution in [3.63, 3.8) is 0 Å². The van der Waals surface area contributed by atoms with Crippen LogP contribution in [0, 0.1) is 0 Å². The molecule has 0 saturated carbocycles. The summed E-state index contributed by atoms with van der Waals surface area (Å²) in [7, 11) is 0. The molecule has 0 aliphatic heterocycles. The second-order valence-electron chi connectivity index (χ2n) is 3.35. The second kappa shape index (κ2) is 7.15. The van der Waals surface area contributed by atoms with Crippen molar-refractivity contribution in [2.24, 2.45) is 0 Å². The second-order valence-corrected chi connectivity index (χ2v) is 5.40. The minimum absolute atomic E-state index is 0.778. The van der Waals surface area contributed by atoms with Gasteiger partial charge in [-0.3, -0.25) is 0 Å². The largest absolute Gasteiger partial charge is 0.358 e. The summed E-state index contributed by atoms with van der Waals surface area (Å²) in [5.41, 5.74) is 1.25. The summed E-state index contributed by atoms with van der Waals surface area (Å²) in [6, 6.07) is 7.91. The van der Waals surface area contributed by atoms with Gasteiger partial charge in [-0.25, -0.2) is 0 Å². The van der Waals surface area contributed by atoms with E-state index < -0.39 is 0 Å². The van der Waals surface area contributed by atoms with Crippen LogP contribution in [0.1, 0.15) is 19.4 Å². The fourth-order valence-electron chi connectivity index (χ4n) is 1.30. The first-order valence-electron chi connectivity index (χ1n) is 5.33. The number of benzene rings is 1. The molecule has 1 rings (SSSR count). The lowest BCUT2D eigenvalue weighted by Crippen LogP contribution is -2.26. The Morgan fingerprint density at radius 2 is 1.81 bits per heavy atom. The highest BCUT2D eigenvalue weighted by atomic mass is 35.5. The molecule has 0 spiro atoms. The molecule has 88 valence electrons. The first kappa shape index (κ1) is 13.8. The van der Waals surface area contributed by atoms with E-state index in [1.54, 1.807) is 11.8 Å². The Balaban J connectivity index is 2.45. The third-order valence-electron chi connectivity index (χ3n) is 2.30. The average Bonchev–Trinajstić information content (AvgIpc) is 2.30. The summed E-state index contributed by atoms with van der Waals surface area (Å²) in [4.78, 5) is 2.19. The molecule has 0 aromatic heterocycles. The first-order valence-corrected chi connectivity index (χ1v) is 7.10. The monoisotopic (exact) mass is 273 g/mol. The average molecular weight is 274 g/mol. The molecule has 0 aliphatic carbocycles. The van der Waals surface area contributed by atoms with E-state index in [1.165, 1.54) is 5.56 Å². The van der Waals surface area contributed by atoms with Crippen molar-refractivity contribution < 1.29 is 0 Å². The molecule has 0 heterocycles. The van der Waals surface area contributed by atoms with Crippen LogP contribution in [0.5, 0.6) is 0 Å². The molecule has 0 N–H and O–H groups in total. The van der Waals surface area contributed by atoms with Gasteiger partial charge in [-0.2, -0.15) is 0 Å². The quantitative estimate of drug-likeness (QED) is 0.757. The smallest absolute Gasteiger partial charge is 0.136 e. The molecule has 1 nitrogen and oxygen atoms in total. The maximum Gasteiger partial charge on any atom is 0.136 e. The van der Waals surface area contributed by atoms with Gasteiger partial charge >= 0.3 is 0 Å². The zero-order chi connectivity index (χ0) is 12.0. The van der Waals surface area contributed by atoms with Crippen molar-refractivity contribution in [1.29, 1.82) is 0 Å². The third kappa shape index (κ3) is 4.32. The predicted molar refractivity (Wildman–Crippen MR) is 78.3 cm³/mol. The third-order valence-corrected chi connectivity index (χ3v) is 4.14.